The smallest absolute Gasteiger partial charge is 0.114 e. The van der Waals surface area contributed by atoms with Gasteiger partial charge in [-0.05, 0) is 18.4 Å². The van der Waals surface area contributed by atoms with Crippen LogP contribution in [0.1, 0.15) is 25.3 Å². The summed E-state index contributed by atoms with van der Waals surface area (Å²) in [6.45, 7) is 3.01. The Bertz CT molecular complexity index is 289. The fourth-order valence-electron chi connectivity index (χ4n) is 1.59. The van der Waals surface area contributed by atoms with Crippen LogP contribution in [0, 0.1) is 0 Å². The highest BCUT2D eigenvalue weighted by molar-refractivity contribution is 6.17. The third-order valence-corrected chi connectivity index (χ3v) is 2.70. The molecule has 0 aliphatic heterocycles. The van der Waals surface area contributed by atoms with Crippen LogP contribution in [0.15, 0.2) is 30.3 Å². The molecule has 1 aromatic carbocycles. The van der Waals surface area contributed by atoms with E-state index in [4.69, 9.17) is 16.3 Å². The van der Waals surface area contributed by atoms with Crippen molar-refractivity contribution in [1.29, 1.82) is 0 Å². The standard InChI is InChI=1S/C13H19ClO2/c1-2-10-16-11-13(15,8-9-14)12-6-4-3-5-7-12/h3-7,15H,2,8-11H2,1H3. The molecule has 1 rings (SSSR count). The molecule has 0 saturated carbocycles. The molecule has 0 fully saturated rings. The van der Waals surface area contributed by atoms with Gasteiger partial charge in [-0.1, -0.05) is 37.3 Å². The Balaban J connectivity index is 2.71. The zero-order valence-corrected chi connectivity index (χ0v) is 10.4. The van der Waals surface area contributed by atoms with Gasteiger partial charge in [-0.3, -0.25) is 0 Å². The van der Waals surface area contributed by atoms with Crippen molar-refractivity contribution in [3.8, 4) is 0 Å². The first-order chi connectivity index (χ1) is 7.73. The number of hydrogen-bond donors (Lipinski definition) is 1. The Labute approximate surface area is 102 Å². The molecule has 3 heteroatoms. The molecule has 1 unspecified atom stereocenters. The number of halogens is 1. The number of rotatable bonds is 7. The van der Waals surface area contributed by atoms with Gasteiger partial charge in [0.2, 0.25) is 0 Å². The van der Waals surface area contributed by atoms with E-state index in [-0.39, 0.29) is 0 Å². The van der Waals surface area contributed by atoms with E-state index in [9.17, 15) is 5.11 Å². The molecule has 0 aliphatic rings. The molecule has 0 radical (unpaired) electrons. The minimum atomic E-state index is -0.960. The zero-order valence-electron chi connectivity index (χ0n) is 9.66. The summed E-state index contributed by atoms with van der Waals surface area (Å²) < 4.78 is 5.45. The molecule has 1 N–H and O–H groups in total. The summed E-state index contributed by atoms with van der Waals surface area (Å²) in [5.41, 5.74) is -0.0928. The summed E-state index contributed by atoms with van der Waals surface area (Å²) in [5.74, 6) is 0.418. The third-order valence-electron chi connectivity index (χ3n) is 2.51. The number of alkyl halides is 1. The minimum absolute atomic E-state index is 0.303. The summed E-state index contributed by atoms with van der Waals surface area (Å²) in [6.07, 6.45) is 1.45. The number of aliphatic hydroxyl groups is 1. The lowest BCUT2D eigenvalue weighted by molar-refractivity contribution is -0.0528. The fourth-order valence-corrected chi connectivity index (χ4v) is 1.90. The van der Waals surface area contributed by atoms with Crippen LogP contribution in [0.2, 0.25) is 0 Å². The van der Waals surface area contributed by atoms with Gasteiger partial charge in [-0.25, -0.2) is 0 Å². The van der Waals surface area contributed by atoms with Gasteiger partial charge in [0.1, 0.15) is 5.60 Å². The molecule has 1 aromatic rings. The maximum absolute atomic E-state index is 10.5. The number of benzene rings is 1. The second-order valence-corrected chi connectivity index (χ2v) is 4.27. The maximum Gasteiger partial charge on any atom is 0.114 e. The van der Waals surface area contributed by atoms with E-state index >= 15 is 0 Å². The molecule has 1 atom stereocenters. The van der Waals surface area contributed by atoms with Crippen molar-refractivity contribution in [3.05, 3.63) is 35.9 Å². The summed E-state index contributed by atoms with van der Waals surface area (Å²) in [6, 6.07) is 9.56. The molecule has 0 saturated heterocycles. The second kappa shape index (κ2) is 6.89. The largest absolute Gasteiger partial charge is 0.383 e. The number of hydrogen-bond acceptors (Lipinski definition) is 2. The Morgan fingerprint density at radius 1 is 1.31 bits per heavy atom. The molecule has 0 spiro atoms. The van der Waals surface area contributed by atoms with Crippen LogP contribution in [0.5, 0.6) is 0 Å². The monoisotopic (exact) mass is 242 g/mol. The highest BCUT2D eigenvalue weighted by atomic mass is 35.5. The highest BCUT2D eigenvalue weighted by Gasteiger charge is 2.28. The summed E-state index contributed by atoms with van der Waals surface area (Å²) in [7, 11) is 0. The average Bonchev–Trinajstić information content (AvgIpc) is 2.31. The SMILES string of the molecule is CCCOCC(O)(CCCl)c1ccccc1. The van der Waals surface area contributed by atoms with Crippen LogP contribution in [0.25, 0.3) is 0 Å². The molecule has 2 nitrogen and oxygen atoms in total. The van der Waals surface area contributed by atoms with Gasteiger partial charge in [0.15, 0.2) is 0 Å². The van der Waals surface area contributed by atoms with Gasteiger partial charge in [-0.15, -0.1) is 11.6 Å². The van der Waals surface area contributed by atoms with E-state index in [0.717, 1.165) is 12.0 Å². The maximum atomic E-state index is 10.5. The molecule has 0 bridgehead atoms. The van der Waals surface area contributed by atoms with E-state index in [2.05, 4.69) is 0 Å². The average molecular weight is 243 g/mol. The third kappa shape index (κ3) is 3.78. The van der Waals surface area contributed by atoms with Crippen molar-refractivity contribution in [2.75, 3.05) is 19.1 Å². The van der Waals surface area contributed by atoms with Crippen LogP contribution < -0.4 is 0 Å². The zero-order chi connectivity index (χ0) is 11.9. The van der Waals surface area contributed by atoms with Gasteiger partial charge < -0.3 is 9.84 Å². The predicted molar refractivity (Wildman–Crippen MR) is 66.8 cm³/mol. The van der Waals surface area contributed by atoms with E-state index in [1.54, 1.807) is 0 Å². The molecule has 0 heterocycles. The molecular formula is C13H19ClO2. The van der Waals surface area contributed by atoms with Crippen LogP contribution in [0.3, 0.4) is 0 Å². The Morgan fingerprint density at radius 2 is 2.00 bits per heavy atom. The Kier molecular flexibility index (Phi) is 5.81. The first-order valence-corrected chi connectivity index (χ1v) is 6.18. The van der Waals surface area contributed by atoms with Crippen molar-refractivity contribution in [1.82, 2.24) is 0 Å². The lowest BCUT2D eigenvalue weighted by Gasteiger charge is -2.27. The topological polar surface area (TPSA) is 29.5 Å². The number of ether oxygens (including phenoxy) is 1. The highest BCUT2D eigenvalue weighted by Crippen LogP contribution is 2.25. The van der Waals surface area contributed by atoms with Crippen molar-refractivity contribution < 1.29 is 9.84 Å². The van der Waals surface area contributed by atoms with E-state index in [0.29, 0.717) is 25.5 Å². The lowest BCUT2D eigenvalue weighted by Crippen LogP contribution is -2.32. The lowest BCUT2D eigenvalue weighted by atomic mass is 9.92. The van der Waals surface area contributed by atoms with Gasteiger partial charge in [0.05, 0.1) is 6.61 Å². The second-order valence-electron chi connectivity index (χ2n) is 3.89. The fraction of sp³-hybridized carbons (Fsp3) is 0.538. The molecule has 16 heavy (non-hydrogen) atoms. The first kappa shape index (κ1) is 13.5. The summed E-state index contributed by atoms with van der Waals surface area (Å²) >= 11 is 5.73. The molecule has 0 aromatic heterocycles. The van der Waals surface area contributed by atoms with E-state index in [1.807, 2.05) is 37.3 Å². The van der Waals surface area contributed by atoms with Crippen LogP contribution in [-0.4, -0.2) is 24.2 Å². The van der Waals surface area contributed by atoms with Crippen molar-refractivity contribution in [3.63, 3.8) is 0 Å². The molecule has 0 aliphatic carbocycles. The minimum Gasteiger partial charge on any atom is -0.383 e. The van der Waals surface area contributed by atoms with Crippen LogP contribution >= 0.6 is 11.6 Å². The first-order valence-electron chi connectivity index (χ1n) is 5.64. The summed E-state index contributed by atoms with van der Waals surface area (Å²) in [5, 5.41) is 10.5. The quantitative estimate of drug-likeness (QED) is 0.589. The predicted octanol–water partition coefficient (Wildman–Crippen LogP) is 2.93. The van der Waals surface area contributed by atoms with Crippen molar-refractivity contribution >= 4 is 11.6 Å². The molecular weight excluding hydrogens is 224 g/mol. The van der Waals surface area contributed by atoms with Crippen molar-refractivity contribution in [2.24, 2.45) is 0 Å². The Hall–Kier alpha value is -0.570. The van der Waals surface area contributed by atoms with Crippen LogP contribution in [-0.2, 0) is 10.3 Å². The van der Waals surface area contributed by atoms with Crippen molar-refractivity contribution in [2.45, 2.75) is 25.4 Å². The van der Waals surface area contributed by atoms with Gasteiger partial charge in [0, 0.05) is 12.5 Å². The molecule has 0 amide bonds. The Morgan fingerprint density at radius 3 is 2.56 bits per heavy atom. The van der Waals surface area contributed by atoms with Gasteiger partial charge >= 0.3 is 0 Å². The normalized spacial score (nSPS) is 14.7. The van der Waals surface area contributed by atoms with Gasteiger partial charge in [-0.2, -0.15) is 0 Å². The summed E-state index contributed by atoms with van der Waals surface area (Å²) in [4.78, 5) is 0. The van der Waals surface area contributed by atoms with Crippen LogP contribution in [0.4, 0.5) is 0 Å². The van der Waals surface area contributed by atoms with Gasteiger partial charge in [0.25, 0.3) is 0 Å². The van der Waals surface area contributed by atoms with E-state index in [1.165, 1.54) is 0 Å². The molecule has 90 valence electrons. The van der Waals surface area contributed by atoms with E-state index < -0.39 is 5.60 Å².